The second-order valence-corrected chi connectivity index (χ2v) is 7.69. The molecule has 26 heavy (non-hydrogen) atoms. The molecule has 0 aromatic carbocycles. The highest BCUT2D eigenvalue weighted by Crippen LogP contribution is 2.57. The molecule has 8 nitrogen and oxygen atoms in total. The predicted octanol–water partition coefficient (Wildman–Crippen LogP) is 1.64. The van der Waals surface area contributed by atoms with Crippen LogP contribution in [0.2, 0.25) is 0 Å². The summed E-state index contributed by atoms with van der Waals surface area (Å²) in [5.41, 5.74) is 1.33. The highest BCUT2D eigenvalue weighted by atomic mass is 16.3. The maximum atomic E-state index is 13.2. The van der Waals surface area contributed by atoms with Crippen LogP contribution < -0.4 is 10.2 Å². The number of hydrogen-bond donors (Lipinski definition) is 2. The van der Waals surface area contributed by atoms with Crippen molar-refractivity contribution in [2.24, 2.45) is 7.05 Å². The number of rotatable bonds is 3. The van der Waals surface area contributed by atoms with E-state index in [9.17, 15) is 9.90 Å². The summed E-state index contributed by atoms with van der Waals surface area (Å²) in [6.07, 6.45) is 10.0. The van der Waals surface area contributed by atoms with Crippen LogP contribution in [0.3, 0.4) is 0 Å². The lowest BCUT2D eigenvalue weighted by atomic mass is 9.92. The van der Waals surface area contributed by atoms with E-state index in [-0.39, 0.29) is 18.1 Å². The Bertz CT molecular complexity index is 874. The molecule has 2 atom stereocenters. The first kappa shape index (κ1) is 15.7. The Balaban J connectivity index is 1.51. The normalized spacial score (nSPS) is 26.2. The number of hydrogen-bond acceptors (Lipinski definition) is 6. The van der Waals surface area contributed by atoms with Crippen LogP contribution in [0, 0.1) is 0 Å². The fraction of sp³-hybridized carbons (Fsp3) is 0.556. The Morgan fingerprint density at radius 2 is 2.15 bits per heavy atom. The van der Waals surface area contributed by atoms with Crippen molar-refractivity contribution in [1.29, 1.82) is 0 Å². The Morgan fingerprint density at radius 1 is 1.31 bits per heavy atom. The second kappa shape index (κ2) is 5.51. The zero-order valence-electron chi connectivity index (χ0n) is 14.7. The van der Waals surface area contributed by atoms with E-state index in [1.165, 1.54) is 0 Å². The topological polar surface area (TPSA) is 96.2 Å². The van der Waals surface area contributed by atoms with E-state index in [2.05, 4.69) is 20.4 Å². The van der Waals surface area contributed by atoms with Crippen LogP contribution in [0.15, 0.2) is 18.6 Å². The number of aromatic nitrogens is 4. The standard InChI is InChI=1S/C18H22N6O2/c1-23-10-11(8-20-23)21-17-19-9-14-15(22-17)24(16(26)18(14)5-6-18)12-3-2-4-13(25)7-12/h8-10,12-13,25H,2-7H2,1H3,(H,19,21,22)/t12-,13-/m1/s1. The first-order valence-electron chi connectivity index (χ1n) is 9.22. The van der Waals surface area contributed by atoms with Crippen LogP contribution in [0.25, 0.3) is 0 Å². The molecule has 136 valence electrons. The first-order chi connectivity index (χ1) is 12.6. The Kier molecular flexibility index (Phi) is 3.34. The molecule has 1 amide bonds. The van der Waals surface area contributed by atoms with Gasteiger partial charge in [-0.2, -0.15) is 10.1 Å². The van der Waals surface area contributed by atoms with Gasteiger partial charge in [0.2, 0.25) is 11.9 Å². The van der Waals surface area contributed by atoms with Crippen LogP contribution in [-0.4, -0.2) is 42.9 Å². The lowest BCUT2D eigenvalue weighted by molar-refractivity contribution is -0.121. The minimum Gasteiger partial charge on any atom is -0.393 e. The summed E-state index contributed by atoms with van der Waals surface area (Å²) in [6, 6.07) is 0.0196. The van der Waals surface area contributed by atoms with E-state index in [1.54, 1.807) is 17.1 Å². The maximum Gasteiger partial charge on any atom is 0.239 e. The third-order valence-corrected chi connectivity index (χ3v) is 5.84. The van der Waals surface area contributed by atoms with Gasteiger partial charge in [0.25, 0.3) is 0 Å². The number of carbonyl (C=O) groups excluding carboxylic acids is 1. The first-order valence-corrected chi connectivity index (χ1v) is 9.22. The largest absolute Gasteiger partial charge is 0.393 e. The molecule has 8 heteroatoms. The van der Waals surface area contributed by atoms with Crippen molar-refractivity contribution in [2.75, 3.05) is 10.2 Å². The summed E-state index contributed by atoms with van der Waals surface area (Å²) < 4.78 is 1.70. The molecule has 0 saturated heterocycles. The lowest BCUT2D eigenvalue weighted by Gasteiger charge is -2.33. The van der Waals surface area contributed by atoms with Gasteiger partial charge in [-0.05, 0) is 38.5 Å². The van der Waals surface area contributed by atoms with Gasteiger partial charge in [-0.3, -0.25) is 14.4 Å². The van der Waals surface area contributed by atoms with Gasteiger partial charge < -0.3 is 10.4 Å². The molecule has 2 N–H and O–H groups in total. The van der Waals surface area contributed by atoms with Crippen molar-refractivity contribution in [3.63, 3.8) is 0 Å². The van der Waals surface area contributed by atoms with E-state index in [0.717, 1.165) is 43.4 Å². The highest BCUT2D eigenvalue weighted by molar-refractivity contribution is 6.09. The number of amides is 1. The molecule has 3 heterocycles. The van der Waals surface area contributed by atoms with Gasteiger partial charge in [0, 0.05) is 31.0 Å². The molecular weight excluding hydrogens is 332 g/mol. The molecule has 1 spiro atoms. The number of nitrogens with one attached hydrogen (secondary N) is 1. The molecule has 2 aromatic rings. The molecule has 5 rings (SSSR count). The highest BCUT2D eigenvalue weighted by Gasteiger charge is 2.61. The van der Waals surface area contributed by atoms with Gasteiger partial charge >= 0.3 is 0 Å². The molecule has 3 aliphatic rings. The molecular formula is C18H22N6O2. The minimum absolute atomic E-state index is 0.0196. The number of anilines is 3. The van der Waals surface area contributed by atoms with Crippen LogP contribution in [0.4, 0.5) is 17.5 Å². The van der Waals surface area contributed by atoms with Crippen molar-refractivity contribution >= 4 is 23.4 Å². The molecule has 0 unspecified atom stereocenters. The Morgan fingerprint density at radius 3 is 2.85 bits per heavy atom. The number of aryl methyl sites for hydroxylation is 1. The summed E-state index contributed by atoms with van der Waals surface area (Å²) in [5, 5.41) is 17.4. The van der Waals surface area contributed by atoms with Crippen molar-refractivity contribution in [3.8, 4) is 0 Å². The lowest BCUT2D eigenvalue weighted by Crippen LogP contribution is -2.44. The maximum absolute atomic E-state index is 13.2. The van der Waals surface area contributed by atoms with Gasteiger partial charge in [-0.1, -0.05) is 0 Å². The van der Waals surface area contributed by atoms with Crippen molar-refractivity contribution < 1.29 is 9.90 Å². The number of nitrogens with zero attached hydrogens (tertiary/aromatic N) is 5. The van der Waals surface area contributed by atoms with E-state index in [0.29, 0.717) is 18.2 Å². The SMILES string of the molecule is Cn1cc(Nc2ncc3c(n2)N([C@@H]2CCC[C@@H](O)C2)C(=O)C32CC2)cn1. The van der Waals surface area contributed by atoms with Crippen molar-refractivity contribution in [3.05, 3.63) is 24.2 Å². The number of carbonyl (C=O) groups is 1. The molecule has 2 aromatic heterocycles. The predicted molar refractivity (Wildman–Crippen MR) is 95.2 cm³/mol. The third-order valence-electron chi connectivity index (χ3n) is 5.84. The monoisotopic (exact) mass is 354 g/mol. The quantitative estimate of drug-likeness (QED) is 0.870. The summed E-state index contributed by atoms with van der Waals surface area (Å²) in [6.45, 7) is 0. The molecule has 2 aliphatic carbocycles. The average molecular weight is 354 g/mol. The van der Waals surface area contributed by atoms with Gasteiger partial charge in [0.1, 0.15) is 5.82 Å². The van der Waals surface area contributed by atoms with Crippen LogP contribution in [-0.2, 0) is 17.3 Å². The van der Waals surface area contributed by atoms with Crippen molar-refractivity contribution in [2.45, 2.75) is 56.1 Å². The summed E-state index contributed by atoms with van der Waals surface area (Å²) >= 11 is 0. The number of fused-ring (bicyclic) bond motifs is 2. The smallest absolute Gasteiger partial charge is 0.239 e. The van der Waals surface area contributed by atoms with E-state index < -0.39 is 5.41 Å². The zero-order valence-corrected chi connectivity index (χ0v) is 14.7. The molecule has 1 aliphatic heterocycles. The van der Waals surface area contributed by atoms with E-state index in [4.69, 9.17) is 0 Å². The van der Waals surface area contributed by atoms with Gasteiger partial charge in [-0.25, -0.2) is 4.98 Å². The zero-order chi connectivity index (χ0) is 17.9. The Hall–Kier alpha value is -2.48. The molecule has 2 fully saturated rings. The summed E-state index contributed by atoms with van der Waals surface area (Å²) in [7, 11) is 1.85. The fourth-order valence-electron chi connectivity index (χ4n) is 4.33. The summed E-state index contributed by atoms with van der Waals surface area (Å²) in [5.74, 6) is 1.32. The minimum atomic E-state index is -0.412. The fourth-order valence-corrected chi connectivity index (χ4v) is 4.33. The summed E-state index contributed by atoms with van der Waals surface area (Å²) in [4.78, 5) is 24.1. The third kappa shape index (κ3) is 2.32. The average Bonchev–Trinajstić information content (AvgIpc) is 3.26. The molecule has 0 bridgehead atoms. The number of aliphatic hydroxyl groups is 1. The Labute approximate surface area is 151 Å². The molecule has 2 saturated carbocycles. The van der Waals surface area contributed by atoms with Gasteiger partial charge in [0.15, 0.2) is 0 Å². The molecule has 0 radical (unpaired) electrons. The van der Waals surface area contributed by atoms with E-state index >= 15 is 0 Å². The van der Waals surface area contributed by atoms with Crippen LogP contribution in [0.5, 0.6) is 0 Å². The van der Waals surface area contributed by atoms with Crippen LogP contribution in [0.1, 0.15) is 44.1 Å². The number of aliphatic hydroxyl groups excluding tert-OH is 1. The van der Waals surface area contributed by atoms with Gasteiger partial charge in [0.05, 0.1) is 23.4 Å². The van der Waals surface area contributed by atoms with Gasteiger partial charge in [-0.15, -0.1) is 0 Å². The van der Waals surface area contributed by atoms with E-state index in [1.807, 2.05) is 18.1 Å². The van der Waals surface area contributed by atoms with Crippen LogP contribution >= 0.6 is 0 Å². The second-order valence-electron chi connectivity index (χ2n) is 7.69. The van der Waals surface area contributed by atoms with Crippen molar-refractivity contribution in [1.82, 2.24) is 19.7 Å².